The van der Waals surface area contributed by atoms with E-state index in [0.717, 1.165) is 72.1 Å². The molecule has 0 fully saturated rings. The van der Waals surface area contributed by atoms with Crippen molar-refractivity contribution in [2.45, 2.75) is 0 Å². The van der Waals surface area contributed by atoms with Crippen molar-refractivity contribution < 1.29 is 0 Å². The minimum Gasteiger partial charge on any atom is -0.309 e. The van der Waals surface area contributed by atoms with Crippen LogP contribution >= 0.6 is 0 Å². The Hall–Kier alpha value is -8.61. The van der Waals surface area contributed by atoms with Crippen LogP contribution in [0.3, 0.4) is 0 Å². The molecule has 0 aliphatic heterocycles. The molecule has 0 radical (unpaired) electrons. The topological polar surface area (TPSA) is 53.5 Å². The lowest BCUT2D eigenvalue weighted by atomic mass is 10.1. The molecule has 13 aromatic rings. The summed E-state index contributed by atoms with van der Waals surface area (Å²) in [7, 11) is 0. The first-order chi connectivity index (χ1) is 31.3. The summed E-state index contributed by atoms with van der Waals surface area (Å²) in [6, 6.07) is 77.4. The van der Waals surface area contributed by atoms with E-state index in [-0.39, 0.29) is 0 Å². The number of hydrogen-bond acceptors (Lipinski definition) is 3. The lowest BCUT2D eigenvalue weighted by Gasteiger charge is -2.14. The van der Waals surface area contributed by atoms with Gasteiger partial charge in [-0.25, -0.2) is 15.0 Å². The smallest absolute Gasteiger partial charge is 0.164 e. The molecule has 0 saturated heterocycles. The SMILES string of the molecule is c1ccc(-c2nc(-c3ccccc3)nc(-c3ccc4c(c3)c3c(ccc5c6ccccc6n(-c6ccccc6)c53)n4-c3cccc4c5ccccc5n(-c5ccccc5)c34)n2)cc1. The van der Waals surface area contributed by atoms with Crippen LogP contribution in [-0.2, 0) is 0 Å². The van der Waals surface area contributed by atoms with Crippen LogP contribution in [0.5, 0.6) is 0 Å². The fourth-order valence-electron chi connectivity index (χ4n) is 9.77. The van der Waals surface area contributed by atoms with Crippen molar-refractivity contribution in [3.63, 3.8) is 0 Å². The third-order valence-electron chi connectivity index (χ3n) is 12.5. The minimum atomic E-state index is 0.618. The third-order valence-corrected chi connectivity index (χ3v) is 12.5. The van der Waals surface area contributed by atoms with Gasteiger partial charge in [-0.05, 0) is 66.7 Å². The predicted octanol–water partition coefficient (Wildman–Crippen LogP) is 14.2. The predicted molar refractivity (Wildman–Crippen MR) is 259 cm³/mol. The molecule has 0 atom stereocenters. The van der Waals surface area contributed by atoms with E-state index in [9.17, 15) is 0 Å². The Morgan fingerprint density at radius 3 is 1.30 bits per heavy atom. The Labute approximate surface area is 362 Å². The molecule has 0 aliphatic rings. The maximum Gasteiger partial charge on any atom is 0.164 e. The molecule has 4 aromatic heterocycles. The number of benzene rings is 9. The van der Waals surface area contributed by atoms with Gasteiger partial charge in [-0.2, -0.15) is 0 Å². The van der Waals surface area contributed by atoms with E-state index >= 15 is 0 Å². The van der Waals surface area contributed by atoms with Crippen molar-refractivity contribution >= 4 is 65.4 Å². The molecule has 0 unspecified atom stereocenters. The van der Waals surface area contributed by atoms with Crippen LogP contribution in [0, 0.1) is 0 Å². The Morgan fingerprint density at radius 2 is 0.714 bits per heavy atom. The fraction of sp³-hybridized carbons (Fsp3) is 0. The fourth-order valence-corrected chi connectivity index (χ4v) is 9.77. The van der Waals surface area contributed by atoms with E-state index in [1.165, 1.54) is 27.1 Å². The van der Waals surface area contributed by atoms with Gasteiger partial charge in [0.15, 0.2) is 17.5 Å². The van der Waals surface area contributed by atoms with Crippen molar-refractivity contribution in [2.24, 2.45) is 0 Å². The van der Waals surface area contributed by atoms with Crippen molar-refractivity contribution in [3.05, 3.63) is 218 Å². The molecule has 0 bridgehead atoms. The molecule has 0 aliphatic carbocycles. The molecule has 294 valence electrons. The summed E-state index contributed by atoms with van der Waals surface area (Å²) in [6.45, 7) is 0. The van der Waals surface area contributed by atoms with Gasteiger partial charge >= 0.3 is 0 Å². The Bertz CT molecular complexity index is 3830. The van der Waals surface area contributed by atoms with Crippen LogP contribution in [0.1, 0.15) is 0 Å². The second-order valence-electron chi connectivity index (χ2n) is 16.0. The van der Waals surface area contributed by atoms with Gasteiger partial charge in [0.05, 0.1) is 38.8 Å². The third kappa shape index (κ3) is 5.41. The molecule has 0 N–H and O–H groups in total. The molecular formula is C57H36N6. The highest BCUT2D eigenvalue weighted by Crippen LogP contribution is 2.45. The summed E-state index contributed by atoms with van der Waals surface area (Å²) in [4.78, 5) is 15.4. The van der Waals surface area contributed by atoms with Crippen LogP contribution < -0.4 is 0 Å². The minimum absolute atomic E-state index is 0.618. The summed E-state index contributed by atoms with van der Waals surface area (Å²) in [5.74, 6) is 1.88. The van der Waals surface area contributed by atoms with E-state index in [2.05, 4.69) is 196 Å². The first-order valence-electron chi connectivity index (χ1n) is 21.3. The average Bonchev–Trinajstić information content (AvgIpc) is 4.00. The van der Waals surface area contributed by atoms with Crippen molar-refractivity contribution in [2.75, 3.05) is 0 Å². The largest absolute Gasteiger partial charge is 0.309 e. The monoisotopic (exact) mass is 804 g/mol. The number of hydrogen-bond donors (Lipinski definition) is 0. The normalized spacial score (nSPS) is 11.8. The summed E-state index contributed by atoms with van der Waals surface area (Å²) in [5, 5.41) is 7.08. The van der Waals surface area contributed by atoms with Crippen LogP contribution in [0.25, 0.3) is 117 Å². The van der Waals surface area contributed by atoms with E-state index in [1.807, 2.05) is 36.4 Å². The molecule has 0 amide bonds. The van der Waals surface area contributed by atoms with E-state index < -0.39 is 0 Å². The van der Waals surface area contributed by atoms with Crippen LogP contribution in [-0.4, -0.2) is 28.7 Å². The molecule has 6 heteroatoms. The van der Waals surface area contributed by atoms with Gasteiger partial charge in [-0.1, -0.05) is 152 Å². The van der Waals surface area contributed by atoms with Crippen molar-refractivity contribution in [1.29, 1.82) is 0 Å². The molecule has 63 heavy (non-hydrogen) atoms. The maximum absolute atomic E-state index is 5.19. The Kier molecular flexibility index (Phi) is 7.80. The average molecular weight is 805 g/mol. The van der Waals surface area contributed by atoms with Gasteiger partial charge in [0.2, 0.25) is 0 Å². The zero-order chi connectivity index (χ0) is 41.4. The quantitative estimate of drug-likeness (QED) is 0.168. The van der Waals surface area contributed by atoms with Crippen LogP contribution in [0.15, 0.2) is 218 Å². The Morgan fingerprint density at radius 1 is 0.270 bits per heavy atom. The second kappa shape index (κ2) is 14.0. The summed E-state index contributed by atoms with van der Waals surface area (Å²) >= 11 is 0. The maximum atomic E-state index is 5.19. The van der Waals surface area contributed by atoms with E-state index in [4.69, 9.17) is 15.0 Å². The molecule has 0 spiro atoms. The van der Waals surface area contributed by atoms with Gasteiger partial charge in [-0.3, -0.25) is 0 Å². The standard InChI is InChI=1S/C57H36N6/c1-5-18-37(19-6-1)55-58-56(38-20-7-2-8-21-38)60-57(59-55)39-32-34-49-46(36-39)52-50(35-33-45-43-27-14-16-30-48(43)62(54(45)52)41-24-11-4-12-25-41)63(49)51-31-17-28-44-42-26-13-15-29-47(42)61(53(44)51)40-22-9-3-10-23-40/h1-36H. The van der Waals surface area contributed by atoms with E-state index in [0.29, 0.717) is 17.5 Å². The number of nitrogens with zero attached hydrogens (tertiary/aromatic N) is 6. The zero-order valence-electron chi connectivity index (χ0n) is 34.0. The van der Waals surface area contributed by atoms with Gasteiger partial charge in [0.25, 0.3) is 0 Å². The summed E-state index contributed by atoms with van der Waals surface area (Å²) in [5.41, 5.74) is 12.9. The summed E-state index contributed by atoms with van der Waals surface area (Å²) < 4.78 is 7.33. The van der Waals surface area contributed by atoms with Crippen molar-refractivity contribution in [1.82, 2.24) is 28.7 Å². The second-order valence-corrected chi connectivity index (χ2v) is 16.0. The van der Waals surface area contributed by atoms with Gasteiger partial charge in [0, 0.05) is 60.4 Å². The lowest BCUT2D eigenvalue weighted by molar-refractivity contribution is 1.07. The first kappa shape index (κ1) is 35.2. The van der Waals surface area contributed by atoms with Crippen molar-refractivity contribution in [3.8, 4) is 51.2 Å². The highest BCUT2D eigenvalue weighted by Gasteiger charge is 2.24. The highest BCUT2D eigenvalue weighted by molar-refractivity contribution is 6.27. The number of para-hydroxylation sites is 5. The van der Waals surface area contributed by atoms with Gasteiger partial charge in [0.1, 0.15) is 0 Å². The molecular weight excluding hydrogens is 769 g/mol. The number of aromatic nitrogens is 6. The molecule has 4 heterocycles. The Balaban J connectivity index is 1.18. The molecule has 0 saturated carbocycles. The highest BCUT2D eigenvalue weighted by atomic mass is 15.1. The molecule has 9 aromatic carbocycles. The van der Waals surface area contributed by atoms with Crippen LogP contribution in [0.2, 0.25) is 0 Å². The number of fused-ring (bicyclic) bond motifs is 10. The van der Waals surface area contributed by atoms with E-state index in [1.54, 1.807) is 0 Å². The zero-order valence-corrected chi connectivity index (χ0v) is 34.0. The first-order valence-corrected chi connectivity index (χ1v) is 21.3. The van der Waals surface area contributed by atoms with Crippen LogP contribution in [0.4, 0.5) is 0 Å². The summed E-state index contributed by atoms with van der Waals surface area (Å²) in [6.07, 6.45) is 0. The lowest BCUT2D eigenvalue weighted by Crippen LogP contribution is -2.01. The van der Waals surface area contributed by atoms with Gasteiger partial charge in [-0.15, -0.1) is 0 Å². The number of rotatable bonds is 6. The van der Waals surface area contributed by atoms with Gasteiger partial charge < -0.3 is 13.7 Å². The molecule has 13 rings (SSSR count). The molecule has 6 nitrogen and oxygen atoms in total.